The Balaban J connectivity index is 1.75. The number of nitrogens with zero attached hydrogens (tertiary/aromatic N) is 2. The zero-order valence-corrected chi connectivity index (χ0v) is 12.4. The first-order valence-corrected chi connectivity index (χ1v) is 7.46. The third kappa shape index (κ3) is 2.21. The molecular formula is C19H17N3. The number of hydrogen-bond donors (Lipinski definition) is 1. The Bertz CT molecular complexity index is 831. The van der Waals surface area contributed by atoms with E-state index in [0.29, 0.717) is 0 Å². The fourth-order valence-corrected chi connectivity index (χ4v) is 2.88. The van der Waals surface area contributed by atoms with E-state index in [0.717, 1.165) is 17.1 Å². The van der Waals surface area contributed by atoms with E-state index in [9.17, 15) is 0 Å². The fourth-order valence-electron chi connectivity index (χ4n) is 2.88. The van der Waals surface area contributed by atoms with Crippen LogP contribution in [0.2, 0.25) is 0 Å². The number of aryl methyl sites for hydroxylation is 1. The molecule has 0 amide bonds. The van der Waals surface area contributed by atoms with E-state index in [1.807, 2.05) is 25.1 Å². The molecule has 0 saturated carbocycles. The fraction of sp³-hybridized carbons (Fsp3) is 0.105. The van der Waals surface area contributed by atoms with Crippen molar-refractivity contribution in [2.24, 2.45) is 0 Å². The summed E-state index contributed by atoms with van der Waals surface area (Å²) < 4.78 is 2.05. The molecule has 0 spiro atoms. The molecule has 22 heavy (non-hydrogen) atoms. The minimum absolute atomic E-state index is 0.0267. The van der Waals surface area contributed by atoms with E-state index < -0.39 is 0 Å². The summed E-state index contributed by atoms with van der Waals surface area (Å²) in [4.78, 5) is 0. The van der Waals surface area contributed by atoms with Crippen LogP contribution in [0.15, 0.2) is 66.7 Å². The van der Waals surface area contributed by atoms with Gasteiger partial charge in [-0.15, -0.1) is 0 Å². The van der Waals surface area contributed by atoms with Crippen molar-refractivity contribution in [3.63, 3.8) is 0 Å². The molecule has 0 aliphatic carbocycles. The maximum atomic E-state index is 4.65. The summed E-state index contributed by atoms with van der Waals surface area (Å²) in [6.07, 6.45) is 4.31. The van der Waals surface area contributed by atoms with Gasteiger partial charge in [-0.1, -0.05) is 54.6 Å². The quantitative estimate of drug-likeness (QED) is 0.752. The van der Waals surface area contributed by atoms with Crippen LogP contribution < -0.4 is 5.32 Å². The predicted octanol–water partition coefficient (Wildman–Crippen LogP) is 4.50. The van der Waals surface area contributed by atoms with Crippen LogP contribution in [0.5, 0.6) is 0 Å². The first-order valence-electron chi connectivity index (χ1n) is 7.46. The Labute approximate surface area is 129 Å². The van der Waals surface area contributed by atoms with Gasteiger partial charge in [0.1, 0.15) is 6.17 Å². The van der Waals surface area contributed by atoms with E-state index in [1.54, 1.807) is 0 Å². The largest absolute Gasteiger partial charge is 0.360 e. The summed E-state index contributed by atoms with van der Waals surface area (Å²) in [5.74, 6) is 0. The van der Waals surface area contributed by atoms with E-state index in [4.69, 9.17) is 0 Å². The molecule has 0 bridgehead atoms. The average molecular weight is 287 g/mol. The predicted molar refractivity (Wildman–Crippen MR) is 90.5 cm³/mol. The van der Waals surface area contributed by atoms with Crippen molar-refractivity contribution in [1.29, 1.82) is 0 Å². The molecule has 1 aliphatic rings. The lowest BCUT2D eigenvalue weighted by Crippen LogP contribution is -2.22. The van der Waals surface area contributed by atoms with E-state index in [-0.39, 0.29) is 6.17 Å². The molecule has 4 rings (SSSR count). The van der Waals surface area contributed by atoms with Crippen molar-refractivity contribution in [2.45, 2.75) is 13.1 Å². The highest BCUT2D eigenvalue weighted by molar-refractivity contribution is 5.78. The number of anilines is 1. The van der Waals surface area contributed by atoms with Crippen LogP contribution in [-0.4, -0.2) is 9.78 Å². The molecule has 1 aromatic heterocycles. The molecule has 0 fully saturated rings. The van der Waals surface area contributed by atoms with Crippen molar-refractivity contribution in [1.82, 2.24) is 9.78 Å². The van der Waals surface area contributed by atoms with Gasteiger partial charge < -0.3 is 5.32 Å². The number of nitrogens with one attached hydrogen (secondary N) is 1. The number of rotatable bonds is 2. The van der Waals surface area contributed by atoms with Crippen LogP contribution in [0.3, 0.4) is 0 Å². The van der Waals surface area contributed by atoms with Gasteiger partial charge in [0.25, 0.3) is 0 Å². The average Bonchev–Trinajstić information content (AvgIpc) is 2.95. The number of benzene rings is 2. The second-order valence-electron chi connectivity index (χ2n) is 5.52. The standard InChI is InChI=1S/C19H17N3/c1-14-13-18-16-9-5-6-10-17(16)20-19(22(18)21-14)12-11-15-7-3-2-4-8-15/h2-13,19-20H,1H3. The molecule has 2 heterocycles. The summed E-state index contributed by atoms with van der Waals surface area (Å²) in [5.41, 5.74) is 5.74. The number of para-hydroxylation sites is 1. The number of hydrogen-bond acceptors (Lipinski definition) is 2. The molecule has 1 unspecified atom stereocenters. The highest BCUT2D eigenvalue weighted by Gasteiger charge is 2.22. The Morgan fingerprint density at radius 3 is 2.68 bits per heavy atom. The molecule has 1 atom stereocenters. The number of aromatic nitrogens is 2. The third-order valence-electron chi connectivity index (χ3n) is 3.90. The number of fused-ring (bicyclic) bond motifs is 3. The molecule has 3 heteroatoms. The lowest BCUT2D eigenvalue weighted by atomic mass is 10.1. The second-order valence-corrected chi connectivity index (χ2v) is 5.52. The van der Waals surface area contributed by atoms with Gasteiger partial charge in [0.2, 0.25) is 0 Å². The van der Waals surface area contributed by atoms with Gasteiger partial charge >= 0.3 is 0 Å². The summed E-state index contributed by atoms with van der Waals surface area (Å²) in [6.45, 7) is 2.03. The smallest absolute Gasteiger partial charge is 0.140 e. The normalized spacial score (nSPS) is 16.1. The van der Waals surface area contributed by atoms with Gasteiger partial charge in [0, 0.05) is 11.3 Å². The maximum Gasteiger partial charge on any atom is 0.140 e. The van der Waals surface area contributed by atoms with Crippen molar-refractivity contribution in [2.75, 3.05) is 5.32 Å². The molecule has 2 aromatic carbocycles. The highest BCUT2D eigenvalue weighted by atomic mass is 15.4. The van der Waals surface area contributed by atoms with Gasteiger partial charge in [0.05, 0.1) is 11.4 Å². The monoisotopic (exact) mass is 287 g/mol. The highest BCUT2D eigenvalue weighted by Crippen LogP contribution is 2.36. The minimum atomic E-state index is 0.0267. The summed E-state index contributed by atoms with van der Waals surface area (Å²) >= 11 is 0. The molecule has 1 N–H and O–H groups in total. The Morgan fingerprint density at radius 2 is 1.82 bits per heavy atom. The van der Waals surface area contributed by atoms with Crippen LogP contribution in [0.4, 0.5) is 5.69 Å². The Morgan fingerprint density at radius 1 is 1.05 bits per heavy atom. The van der Waals surface area contributed by atoms with Crippen molar-refractivity contribution < 1.29 is 0 Å². The van der Waals surface area contributed by atoms with Crippen molar-refractivity contribution in [3.05, 3.63) is 78.0 Å². The zero-order valence-electron chi connectivity index (χ0n) is 12.4. The Hall–Kier alpha value is -2.81. The van der Waals surface area contributed by atoms with Gasteiger partial charge in [-0.2, -0.15) is 5.10 Å². The van der Waals surface area contributed by atoms with Crippen LogP contribution in [-0.2, 0) is 0 Å². The molecule has 3 nitrogen and oxygen atoms in total. The topological polar surface area (TPSA) is 29.9 Å². The minimum Gasteiger partial charge on any atom is -0.360 e. The van der Waals surface area contributed by atoms with E-state index in [1.165, 1.54) is 11.1 Å². The molecule has 3 aromatic rings. The van der Waals surface area contributed by atoms with Crippen LogP contribution in [0.1, 0.15) is 17.4 Å². The molecule has 0 saturated heterocycles. The first kappa shape index (κ1) is 12.9. The maximum absolute atomic E-state index is 4.65. The molecular weight excluding hydrogens is 270 g/mol. The first-order chi connectivity index (χ1) is 10.8. The van der Waals surface area contributed by atoms with Gasteiger partial charge in [-0.25, -0.2) is 4.68 Å². The van der Waals surface area contributed by atoms with Gasteiger partial charge in [-0.05, 0) is 30.7 Å². The SMILES string of the molecule is Cc1cc2n(n1)C(C=Cc1ccccc1)Nc1ccccc1-2. The van der Waals surface area contributed by atoms with Crippen LogP contribution >= 0.6 is 0 Å². The van der Waals surface area contributed by atoms with Crippen LogP contribution in [0, 0.1) is 6.92 Å². The summed E-state index contributed by atoms with van der Waals surface area (Å²) in [7, 11) is 0. The zero-order chi connectivity index (χ0) is 14.9. The Kier molecular flexibility index (Phi) is 3.04. The van der Waals surface area contributed by atoms with E-state index in [2.05, 4.69) is 69.7 Å². The lowest BCUT2D eigenvalue weighted by molar-refractivity contribution is 0.588. The van der Waals surface area contributed by atoms with Gasteiger partial charge in [0.15, 0.2) is 0 Å². The molecule has 0 radical (unpaired) electrons. The lowest BCUT2D eigenvalue weighted by Gasteiger charge is -2.26. The second kappa shape index (κ2) is 5.19. The third-order valence-corrected chi connectivity index (χ3v) is 3.90. The molecule has 108 valence electrons. The van der Waals surface area contributed by atoms with Crippen LogP contribution in [0.25, 0.3) is 17.3 Å². The summed E-state index contributed by atoms with van der Waals surface area (Å²) in [5, 5.41) is 8.20. The van der Waals surface area contributed by atoms with E-state index >= 15 is 0 Å². The van der Waals surface area contributed by atoms with Gasteiger partial charge in [-0.3, -0.25) is 0 Å². The van der Waals surface area contributed by atoms with Crippen molar-refractivity contribution >= 4 is 11.8 Å². The summed E-state index contributed by atoms with van der Waals surface area (Å²) in [6, 6.07) is 20.8. The molecule has 1 aliphatic heterocycles. The van der Waals surface area contributed by atoms with Crippen molar-refractivity contribution in [3.8, 4) is 11.3 Å².